The van der Waals surface area contributed by atoms with E-state index in [0.717, 1.165) is 40.3 Å². The molecular weight excluding hydrogens is 376 g/mol. The summed E-state index contributed by atoms with van der Waals surface area (Å²) < 4.78 is 5.27. The first-order chi connectivity index (χ1) is 14.6. The van der Waals surface area contributed by atoms with Crippen LogP contribution in [0.4, 0.5) is 0 Å². The molecule has 0 saturated carbocycles. The quantitative estimate of drug-likeness (QED) is 0.663. The van der Waals surface area contributed by atoms with Crippen molar-refractivity contribution in [2.45, 2.75) is 19.5 Å². The number of aromatic nitrogens is 1. The Kier molecular flexibility index (Phi) is 5.59. The van der Waals surface area contributed by atoms with Crippen LogP contribution in [0.25, 0.3) is 11.1 Å². The Balaban J connectivity index is 1.57. The van der Waals surface area contributed by atoms with Crippen LogP contribution in [0.3, 0.4) is 0 Å². The maximum absolute atomic E-state index is 12.9. The van der Waals surface area contributed by atoms with E-state index in [1.807, 2.05) is 37.3 Å². The number of rotatable bonds is 6. The summed E-state index contributed by atoms with van der Waals surface area (Å²) in [6.45, 7) is 3.02. The molecule has 1 amide bonds. The molecule has 0 radical (unpaired) electrons. The summed E-state index contributed by atoms with van der Waals surface area (Å²) in [4.78, 5) is 21.6. The van der Waals surface area contributed by atoms with Crippen LogP contribution in [0.5, 0.6) is 5.75 Å². The fraction of sp³-hybridized carbons (Fsp3) is 0.208. The van der Waals surface area contributed by atoms with Gasteiger partial charge in [-0.2, -0.15) is 0 Å². The maximum atomic E-state index is 12.9. The smallest absolute Gasteiger partial charge is 0.270 e. The standard InChI is InChI=1S/C24H24N4O2/c1-15-21-11-16(6-7-19(21)14-27-15)17-8-9-26-22(12-17)24(29)28-23(13-25)18-4-3-5-20(10-18)30-2/h3-12,23H,13-14,25H2,1-2H3,(H,28,29)/t23-/m1/s1. The molecule has 0 saturated heterocycles. The Labute approximate surface area is 175 Å². The molecule has 1 aromatic heterocycles. The summed E-state index contributed by atoms with van der Waals surface area (Å²) in [5.41, 5.74) is 12.6. The first-order valence-electron chi connectivity index (χ1n) is 9.84. The van der Waals surface area contributed by atoms with Crippen LogP contribution in [-0.2, 0) is 6.54 Å². The van der Waals surface area contributed by atoms with E-state index in [1.54, 1.807) is 19.4 Å². The summed E-state index contributed by atoms with van der Waals surface area (Å²) in [6.07, 6.45) is 1.65. The van der Waals surface area contributed by atoms with E-state index in [9.17, 15) is 4.79 Å². The molecule has 1 aliphatic heterocycles. The SMILES string of the molecule is COc1cccc([C@@H](CN)NC(=O)c2cc(-c3ccc4c(c3)C(C)=NC4)ccn2)c1. The fourth-order valence-electron chi connectivity index (χ4n) is 3.62. The van der Waals surface area contributed by atoms with Gasteiger partial charge in [-0.15, -0.1) is 0 Å². The van der Waals surface area contributed by atoms with Crippen molar-refractivity contribution in [3.8, 4) is 16.9 Å². The second kappa shape index (κ2) is 8.47. The number of aliphatic imine (C=N–C) groups is 1. The maximum Gasteiger partial charge on any atom is 0.270 e. The van der Waals surface area contributed by atoms with E-state index in [-0.39, 0.29) is 18.5 Å². The van der Waals surface area contributed by atoms with Crippen molar-refractivity contribution < 1.29 is 9.53 Å². The number of pyridine rings is 1. The van der Waals surface area contributed by atoms with Gasteiger partial charge in [0, 0.05) is 24.0 Å². The molecule has 30 heavy (non-hydrogen) atoms. The zero-order valence-electron chi connectivity index (χ0n) is 17.1. The number of hydrogen-bond acceptors (Lipinski definition) is 5. The molecule has 0 unspecified atom stereocenters. The van der Waals surface area contributed by atoms with Crippen LogP contribution in [0.1, 0.15) is 40.1 Å². The van der Waals surface area contributed by atoms with Crippen molar-refractivity contribution in [3.05, 3.63) is 83.2 Å². The van der Waals surface area contributed by atoms with E-state index in [0.29, 0.717) is 5.69 Å². The minimum absolute atomic E-state index is 0.266. The van der Waals surface area contributed by atoms with Crippen LogP contribution >= 0.6 is 0 Å². The highest BCUT2D eigenvalue weighted by molar-refractivity contribution is 6.03. The Hall–Kier alpha value is -3.51. The zero-order chi connectivity index (χ0) is 21.1. The molecule has 0 bridgehead atoms. The molecule has 6 heteroatoms. The van der Waals surface area contributed by atoms with Gasteiger partial charge in [0.25, 0.3) is 5.91 Å². The molecule has 0 fully saturated rings. The highest BCUT2D eigenvalue weighted by atomic mass is 16.5. The number of carbonyl (C=O) groups excluding carboxylic acids is 1. The zero-order valence-corrected chi connectivity index (χ0v) is 17.1. The van der Waals surface area contributed by atoms with E-state index in [2.05, 4.69) is 33.5 Å². The average Bonchev–Trinajstić information content (AvgIpc) is 3.17. The lowest BCUT2D eigenvalue weighted by Gasteiger charge is -2.18. The lowest BCUT2D eigenvalue weighted by molar-refractivity contribution is 0.0932. The average molecular weight is 400 g/mol. The second-order valence-corrected chi connectivity index (χ2v) is 7.24. The lowest BCUT2D eigenvalue weighted by Crippen LogP contribution is -2.33. The number of nitrogens with two attached hydrogens (primary N) is 1. The van der Waals surface area contributed by atoms with Gasteiger partial charge < -0.3 is 15.8 Å². The predicted octanol–water partition coefficient (Wildman–Crippen LogP) is 3.51. The topological polar surface area (TPSA) is 89.6 Å². The molecule has 6 nitrogen and oxygen atoms in total. The number of nitrogens with zero attached hydrogens (tertiary/aromatic N) is 2. The number of fused-ring (bicyclic) bond motifs is 1. The number of methoxy groups -OCH3 is 1. The Morgan fingerprint density at radius 1 is 1.17 bits per heavy atom. The van der Waals surface area contributed by atoms with Crippen molar-refractivity contribution in [3.63, 3.8) is 0 Å². The highest BCUT2D eigenvalue weighted by Gasteiger charge is 2.17. The van der Waals surface area contributed by atoms with Crippen molar-refractivity contribution in [1.29, 1.82) is 0 Å². The normalized spacial score (nSPS) is 13.4. The van der Waals surface area contributed by atoms with Crippen molar-refractivity contribution >= 4 is 11.6 Å². The molecule has 3 aromatic rings. The van der Waals surface area contributed by atoms with Gasteiger partial charge in [0.1, 0.15) is 11.4 Å². The molecule has 0 spiro atoms. The number of ether oxygens (including phenoxy) is 1. The third kappa shape index (κ3) is 3.95. The molecule has 2 aromatic carbocycles. The monoisotopic (exact) mass is 400 g/mol. The number of nitrogens with one attached hydrogen (secondary N) is 1. The lowest BCUT2D eigenvalue weighted by atomic mass is 9.98. The van der Waals surface area contributed by atoms with Crippen LogP contribution < -0.4 is 15.8 Å². The third-order valence-electron chi connectivity index (χ3n) is 5.35. The minimum Gasteiger partial charge on any atom is -0.497 e. The van der Waals surface area contributed by atoms with E-state index < -0.39 is 0 Å². The fourth-order valence-corrected chi connectivity index (χ4v) is 3.62. The molecule has 0 aliphatic carbocycles. The minimum atomic E-state index is -0.336. The van der Waals surface area contributed by atoms with Gasteiger partial charge in [-0.25, -0.2) is 0 Å². The number of benzene rings is 2. The van der Waals surface area contributed by atoms with Crippen molar-refractivity contribution in [1.82, 2.24) is 10.3 Å². The predicted molar refractivity (Wildman–Crippen MR) is 118 cm³/mol. The third-order valence-corrected chi connectivity index (χ3v) is 5.35. The first kappa shape index (κ1) is 19.8. The van der Waals surface area contributed by atoms with Gasteiger partial charge in [0.05, 0.1) is 19.7 Å². The van der Waals surface area contributed by atoms with Crippen LogP contribution in [0.15, 0.2) is 65.8 Å². The van der Waals surface area contributed by atoms with E-state index >= 15 is 0 Å². The van der Waals surface area contributed by atoms with Gasteiger partial charge in [-0.3, -0.25) is 14.8 Å². The summed E-state index contributed by atoms with van der Waals surface area (Å²) in [5.74, 6) is 0.449. The van der Waals surface area contributed by atoms with Gasteiger partial charge >= 0.3 is 0 Å². The summed E-state index contributed by atoms with van der Waals surface area (Å²) in [6, 6.07) is 17.2. The van der Waals surface area contributed by atoms with Gasteiger partial charge in [0.15, 0.2) is 0 Å². The second-order valence-electron chi connectivity index (χ2n) is 7.24. The summed E-state index contributed by atoms with van der Waals surface area (Å²) in [7, 11) is 1.61. The first-order valence-corrected chi connectivity index (χ1v) is 9.84. The molecule has 3 N–H and O–H groups in total. The molecule has 1 aliphatic rings. The molecule has 4 rings (SSSR count). The van der Waals surface area contributed by atoms with Crippen LogP contribution in [0.2, 0.25) is 0 Å². The van der Waals surface area contributed by atoms with Crippen molar-refractivity contribution in [2.75, 3.05) is 13.7 Å². The van der Waals surface area contributed by atoms with Crippen LogP contribution in [0, 0.1) is 0 Å². The summed E-state index contributed by atoms with van der Waals surface area (Å²) in [5, 5.41) is 2.98. The largest absolute Gasteiger partial charge is 0.497 e. The summed E-state index contributed by atoms with van der Waals surface area (Å²) >= 11 is 0. The molecular formula is C24H24N4O2. The molecule has 152 valence electrons. The van der Waals surface area contributed by atoms with E-state index in [4.69, 9.17) is 10.5 Å². The van der Waals surface area contributed by atoms with Gasteiger partial charge in [-0.1, -0.05) is 24.3 Å². The molecule has 1 atom stereocenters. The number of hydrogen-bond donors (Lipinski definition) is 2. The Morgan fingerprint density at radius 3 is 2.80 bits per heavy atom. The number of amides is 1. The van der Waals surface area contributed by atoms with Crippen molar-refractivity contribution in [2.24, 2.45) is 10.7 Å². The van der Waals surface area contributed by atoms with Gasteiger partial charge in [0.2, 0.25) is 0 Å². The number of carbonyl (C=O) groups is 1. The Morgan fingerprint density at radius 2 is 2.00 bits per heavy atom. The van der Waals surface area contributed by atoms with Crippen LogP contribution in [-0.4, -0.2) is 30.3 Å². The Bertz CT molecular complexity index is 1120. The van der Waals surface area contributed by atoms with Gasteiger partial charge in [-0.05, 0) is 59.5 Å². The van der Waals surface area contributed by atoms with E-state index in [1.165, 1.54) is 5.56 Å². The molecule has 2 heterocycles. The highest BCUT2D eigenvalue weighted by Crippen LogP contribution is 2.27.